The summed E-state index contributed by atoms with van der Waals surface area (Å²) in [4.78, 5) is 12.9. The van der Waals surface area contributed by atoms with Gasteiger partial charge in [0, 0.05) is 39.6 Å². The van der Waals surface area contributed by atoms with Crippen LogP contribution >= 0.6 is 0 Å². The van der Waals surface area contributed by atoms with Crippen LogP contribution in [0.15, 0.2) is 18.2 Å². The van der Waals surface area contributed by atoms with Crippen LogP contribution in [-0.2, 0) is 11.3 Å². The van der Waals surface area contributed by atoms with Crippen molar-refractivity contribution in [2.75, 3.05) is 31.1 Å². The third kappa shape index (κ3) is 6.43. The van der Waals surface area contributed by atoms with E-state index in [-0.39, 0.29) is 11.7 Å². The quantitative estimate of drug-likeness (QED) is 0.653. The highest BCUT2D eigenvalue weighted by Gasteiger charge is 2.10. The molecule has 1 aromatic rings. The average Bonchev–Trinajstić information content (AvgIpc) is 2.50. The topological polar surface area (TPSA) is 44.4 Å². The summed E-state index contributed by atoms with van der Waals surface area (Å²) in [5.41, 5.74) is 1.73. The first kappa shape index (κ1) is 18.4. The third-order valence-electron chi connectivity index (χ3n) is 3.52. The summed E-state index contributed by atoms with van der Waals surface area (Å²) in [7, 11) is 0. The van der Waals surface area contributed by atoms with E-state index in [1.54, 1.807) is 6.07 Å². The molecule has 0 spiro atoms. The number of carbonyl (C=O) groups excluding carboxylic acids is 1. The van der Waals surface area contributed by atoms with E-state index in [4.69, 9.17) is 0 Å². The zero-order valence-corrected chi connectivity index (χ0v) is 13.9. The summed E-state index contributed by atoms with van der Waals surface area (Å²) < 4.78 is 14.1. The minimum Gasteiger partial charge on any atom is -0.369 e. The standard InChI is InChI=1S/C17H28FN3O/c1-4-6-11-21(5-2)17-12-15(7-8-16(17)18)13-19-9-10-20-14(3)22/h7-8,12,19H,4-6,9-11,13H2,1-3H3,(H,20,22). The minimum atomic E-state index is -0.167. The zero-order valence-electron chi connectivity index (χ0n) is 13.9. The largest absolute Gasteiger partial charge is 0.369 e. The molecule has 0 saturated heterocycles. The van der Waals surface area contributed by atoms with Gasteiger partial charge in [-0.3, -0.25) is 4.79 Å². The van der Waals surface area contributed by atoms with Gasteiger partial charge in [0.05, 0.1) is 5.69 Å². The van der Waals surface area contributed by atoms with Gasteiger partial charge in [-0.25, -0.2) is 4.39 Å². The smallest absolute Gasteiger partial charge is 0.216 e. The first-order valence-electron chi connectivity index (χ1n) is 8.07. The second-order valence-electron chi connectivity index (χ2n) is 5.38. The van der Waals surface area contributed by atoms with Gasteiger partial charge in [0.15, 0.2) is 0 Å². The Balaban J connectivity index is 2.58. The van der Waals surface area contributed by atoms with E-state index >= 15 is 0 Å². The van der Waals surface area contributed by atoms with Crippen LogP contribution in [-0.4, -0.2) is 32.1 Å². The Morgan fingerprint density at radius 3 is 2.68 bits per heavy atom. The Hall–Kier alpha value is -1.62. The van der Waals surface area contributed by atoms with Gasteiger partial charge >= 0.3 is 0 Å². The van der Waals surface area contributed by atoms with Gasteiger partial charge in [-0.2, -0.15) is 0 Å². The van der Waals surface area contributed by atoms with Gasteiger partial charge in [0.25, 0.3) is 0 Å². The monoisotopic (exact) mass is 309 g/mol. The molecule has 0 aromatic heterocycles. The summed E-state index contributed by atoms with van der Waals surface area (Å²) in [6.45, 7) is 9.33. The average molecular weight is 309 g/mol. The number of unbranched alkanes of at least 4 members (excludes halogenated alkanes) is 1. The maximum Gasteiger partial charge on any atom is 0.216 e. The molecule has 0 atom stereocenters. The van der Waals surface area contributed by atoms with Crippen molar-refractivity contribution in [3.63, 3.8) is 0 Å². The summed E-state index contributed by atoms with van der Waals surface area (Å²) in [5, 5.41) is 5.98. The van der Waals surface area contributed by atoms with Crippen LogP contribution in [0.2, 0.25) is 0 Å². The molecule has 0 aliphatic heterocycles. The molecule has 0 aliphatic rings. The Kier molecular flexibility index (Phi) is 8.51. The number of hydrogen-bond donors (Lipinski definition) is 2. The third-order valence-corrected chi connectivity index (χ3v) is 3.52. The highest BCUT2D eigenvalue weighted by atomic mass is 19.1. The maximum absolute atomic E-state index is 14.1. The maximum atomic E-state index is 14.1. The summed E-state index contributed by atoms with van der Waals surface area (Å²) >= 11 is 0. The number of hydrogen-bond acceptors (Lipinski definition) is 3. The number of amides is 1. The predicted molar refractivity (Wildman–Crippen MR) is 89.6 cm³/mol. The number of benzene rings is 1. The van der Waals surface area contributed by atoms with E-state index < -0.39 is 0 Å². The van der Waals surface area contributed by atoms with E-state index in [9.17, 15) is 9.18 Å². The Morgan fingerprint density at radius 1 is 1.27 bits per heavy atom. The van der Waals surface area contributed by atoms with Crippen LogP contribution in [0.5, 0.6) is 0 Å². The van der Waals surface area contributed by atoms with Crippen molar-refractivity contribution in [3.8, 4) is 0 Å². The lowest BCUT2D eigenvalue weighted by Crippen LogP contribution is -2.30. The van der Waals surface area contributed by atoms with Gasteiger partial charge in [0.2, 0.25) is 5.91 Å². The van der Waals surface area contributed by atoms with Gasteiger partial charge in [-0.05, 0) is 31.0 Å². The molecule has 0 radical (unpaired) electrons. The number of anilines is 1. The molecule has 5 heteroatoms. The van der Waals surface area contributed by atoms with Crippen molar-refractivity contribution in [2.24, 2.45) is 0 Å². The number of nitrogens with zero attached hydrogens (tertiary/aromatic N) is 1. The molecule has 4 nitrogen and oxygen atoms in total. The highest BCUT2D eigenvalue weighted by molar-refractivity contribution is 5.72. The molecule has 0 fully saturated rings. The van der Waals surface area contributed by atoms with Crippen LogP contribution in [0.3, 0.4) is 0 Å². The molecule has 0 aliphatic carbocycles. The van der Waals surface area contributed by atoms with Gasteiger partial charge in [-0.15, -0.1) is 0 Å². The first-order valence-corrected chi connectivity index (χ1v) is 8.07. The fourth-order valence-corrected chi connectivity index (χ4v) is 2.27. The molecule has 0 saturated carbocycles. The van der Waals surface area contributed by atoms with Gasteiger partial charge in [0.1, 0.15) is 5.82 Å². The van der Waals surface area contributed by atoms with Crippen molar-refractivity contribution in [1.82, 2.24) is 10.6 Å². The SMILES string of the molecule is CCCCN(CC)c1cc(CNCCNC(C)=O)ccc1F. The minimum absolute atomic E-state index is 0.0274. The van der Waals surface area contributed by atoms with Crippen molar-refractivity contribution >= 4 is 11.6 Å². The molecule has 1 aromatic carbocycles. The summed E-state index contributed by atoms with van der Waals surface area (Å²) in [5.74, 6) is -0.194. The molecule has 0 bridgehead atoms. The second kappa shape index (κ2) is 10.2. The Bertz CT molecular complexity index is 465. The first-order chi connectivity index (χ1) is 10.6. The van der Waals surface area contributed by atoms with Gasteiger partial charge in [-0.1, -0.05) is 19.4 Å². The van der Waals surface area contributed by atoms with E-state index in [0.29, 0.717) is 25.3 Å². The molecule has 2 N–H and O–H groups in total. The van der Waals surface area contributed by atoms with Crippen LogP contribution in [0.1, 0.15) is 39.2 Å². The van der Waals surface area contributed by atoms with Crippen LogP contribution < -0.4 is 15.5 Å². The molecule has 1 rings (SSSR count). The molecule has 0 heterocycles. The van der Waals surface area contributed by atoms with Crippen LogP contribution in [0.25, 0.3) is 0 Å². The fourth-order valence-electron chi connectivity index (χ4n) is 2.27. The number of carbonyl (C=O) groups is 1. The molecule has 0 unspecified atom stereocenters. The molecule has 124 valence electrons. The lowest BCUT2D eigenvalue weighted by molar-refractivity contribution is -0.118. The van der Waals surface area contributed by atoms with Crippen molar-refractivity contribution in [2.45, 2.75) is 40.2 Å². The number of halogens is 1. The predicted octanol–water partition coefficient (Wildman–Crippen LogP) is 2.68. The molecule has 22 heavy (non-hydrogen) atoms. The molecule has 1 amide bonds. The highest BCUT2D eigenvalue weighted by Crippen LogP contribution is 2.21. The van der Waals surface area contributed by atoms with E-state index in [0.717, 1.165) is 31.5 Å². The Morgan fingerprint density at radius 2 is 2.05 bits per heavy atom. The molecular weight excluding hydrogens is 281 g/mol. The summed E-state index contributed by atoms with van der Waals surface area (Å²) in [6, 6.07) is 5.26. The van der Waals surface area contributed by atoms with Crippen LogP contribution in [0, 0.1) is 5.82 Å². The molecular formula is C17H28FN3O. The zero-order chi connectivity index (χ0) is 16.4. The fraction of sp³-hybridized carbons (Fsp3) is 0.588. The lowest BCUT2D eigenvalue weighted by atomic mass is 10.1. The van der Waals surface area contributed by atoms with Crippen molar-refractivity contribution in [1.29, 1.82) is 0 Å². The Labute approximate surface area is 133 Å². The van der Waals surface area contributed by atoms with E-state index in [1.165, 1.54) is 13.0 Å². The summed E-state index contributed by atoms with van der Waals surface area (Å²) in [6.07, 6.45) is 2.16. The van der Waals surface area contributed by atoms with E-state index in [2.05, 4.69) is 22.5 Å². The van der Waals surface area contributed by atoms with Crippen molar-refractivity contribution < 1.29 is 9.18 Å². The second-order valence-corrected chi connectivity index (χ2v) is 5.38. The van der Waals surface area contributed by atoms with E-state index in [1.807, 2.05) is 13.0 Å². The lowest BCUT2D eigenvalue weighted by Gasteiger charge is -2.24. The normalized spacial score (nSPS) is 10.5. The number of rotatable bonds is 10. The van der Waals surface area contributed by atoms with Gasteiger partial charge < -0.3 is 15.5 Å². The number of nitrogens with one attached hydrogen (secondary N) is 2. The van der Waals surface area contributed by atoms with Crippen molar-refractivity contribution in [3.05, 3.63) is 29.6 Å². The van der Waals surface area contributed by atoms with Crippen LogP contribution in [0.4, 0.5) is 10.1 Å².